The van der Waals surface area contributed by atoms with E-state index in [4.69, 9.17) is 16.3 Å². The van der Waals surface area contributed by atoms with Crippen LogP contribution in [0, 0.1) is 13.8 Å². The molecule has 1 aromatic carbocycles. The fourth-order valence-corrected chi connectivity index (χ4v) is 3.37. The zero-order valence-electron chi connectivity index (χ0n) is 15.0. The van der Waals surface area contributed by atoms with E-state index >= 15 is 0 Å². The molecule has 0 fully saturated rings. The minimum Gasteiger partial charge on any atom is -0.483 e. The van der Waals surface area contributed by atoms with Crippen molar-refractivity contribution in [2.75, 3.05) is 12.9 Å². The summed E-state index contributed by atoms with van der Waals surface area (Å²) in [6.45, 7) is 8.49. The van der Waals surface area contributed by atoms with Gasteiger partial charge in [0.25, 0.3) is 0 Å². The van der Waals surface area contributed by atoms with Gasteiger partial charge in [0.15, 0.2) is 17.1 Å². The van der Waals surface area contributed by atoms with Crippen LogP contribution in [-0.4, -0.2) is 33.6 Å². The Balaban J connectivity index is 2.17. The van der Waals surface area contributed by atoms with Gasteiger partial charge in [-0.1, -0.05) is 23.4 Å². The summed E-state index contributed by atoms with van der Waals surface area (Å²) >= 11 is 7.50. The third-order valence-corrected chi connectivity index (χ3v) is 5.23. The van der Waals surface area contributed by atoms with E-state index in [9.17, 15) is 4.79 Å². The number of carbonyl (C=O) groups excluding carboxylic acids is 1. The Labute approximate surface area is 156 Å². The molecule has 8 heteroatoms. The van der Waals surface area contributed by atoms with E-state index in [2.05, 4.69) is 14.9 Å². The highest BCUT2D eigenvalue weighted by Gasteiger charge is 2.20. The lowest BCUT2D eigenvalue weighted by molar-refractivity contribution is -0.137. The second-order valence-electron chi connectivity index (χ2n) is 5.58. The number of aromatic nitrogens is 3. The lowest BCUT2D eigenvalue weighted by Crippen LogP contribution is -2.12. The van der Waals surface area contributed by atoms with Gasteiger partial charge in [0.2, 0.25) is 0 Å². The predicted octanol–water partition coefficient (Wildman–Crippen LogP) is 3.97. The number of methoxy groups -OCH3 is 1. The van der Waals surface area contributed by atoms with Crippen LogP contribution < -0.4 is 4.74 Å². The zero-order chi connectivity index (χ0) is 18.6. The van der Waals surface area contributed by atoms with Gasteiger partial charge < -0.3 is 14.0 Å². The van der Waals surface area contributed by atoms with Crippen molar-refractivity contribution >= 4 is 29.3 Å². The average molecular weight is 384 g/mol. The molecule has 1 heterocycles. The summed E-state index contributed by atoms with van der Waals surface area (Å²) in [6.07, 6.45) is -0.292. The summed E-state index contributed by atoms with van der Waals surface area (Å²) in [4.78, 5) is 11.3. The van der Waals surface area contributed by atoms with Gasteiger partial charge in [0.05, 0.1) is 12.9 Å². The quantitative estimate of drug-likeness (QED) is 0.532. The minimum absolute atomic E-state index is 0.194. The second kappa shape index (κ2) is 8.58. The van der Waals surface area contributed by atoms with Gasteiger partial charge in [-0.05, 0) is 51.0 Å². The van der Waals surface area contributed by atoms with E-state index in [0.717, 1.165) is 21.9 Å². The number of carbonyl (C=O) groups is 1. The number of hydrogen-bond acceptors (Lipinski definition) is 6. The minimum atomic E-state index is -0.298. The largest absolute Gasteiger partial charge is 0.483 e. The van der Waals surface area contributed by atoms with Crippen molar-refractivity contribution in [1.82, 2.24) is 14.8 Å². The first kappa shape index (κ1) is 19.6. The van der Waals surface area contributed by atoms with E-state index in [1.807, 2.05) is 44.4 Å². The first-order valence-corrected chi connectivity index (χ1v) is 9.29. The van der Waals surface area contributed by atoms with Crippen molar-refractivity contribution in [3.63, 3.8) is 0 Å². The molecule has 0 aliphatic heterocycles. The predicted molar refractivity (Wildman–Crippen MR) is 98.4 cm³/mol. The molecule has 0 amide bonds. The lowest BCUT2D eigenvalue weighted by Gasteiger charge is -2.17. The van der Waals surface area contributed by atoms with Gasteiger partial charge in [-0.2, -0.15) is 0 Å². The first-order valence-electron chi connectivity index (χ1n) is 7.93. The maximum atomic E-state index is 11.3. The molecule has 6 nitrogen and oxygen atoms in total. The Morgan fingerprint density at radius 1 is 1.32 bits per heavy atom. The van der Waals surface area contributed by atoms with Crippen LogP contribution in [0.5, 0.6) is 5.75 Å². The van der Waals surface area contributed by atoms with E-state index in [0.29, 0.717) is 17.5 Å². The molecular weight excluding hydrogens is 362 g/mol. The second-order valence-corrected chi connectivity index (χ2v) is 6.90. The molecule has 0 radical (unpaired) electrons. The van der Waals surface area contributed by atoms with Crippen LogP contribution in [0.1, 0.15) is 36.9 Å². The number of nitrogens with zero attached hydrogens (tertiary/aromatic N) is 3. The Morgan fingerprint density at radius 3 is 2.52 bits per heavy atom. The molecule has 0 saturated carbocycles. The summed E-state index contributed by atoms with van der Waals surface area (Å²) in [5.74, 6) is 1.34. The van der Waals surface area contributed by atoms with Gasteiger partial charge in [-0.3, -0.25) is 4.79 Å². The van der Waals surface area contributed by atoms with E-state index in [-0.39, 0.29) is 17.8 Å². The average Bonchev–Trinajstić information content (AvgIpc) is 3.00. The topological polar surface area (TPSA) is 66.2 Å². The van der Waals surface area contributed by atoms with Crippen molar-refractivity contribution in [3.05, 3.63) is 34.1 Å². The van der Waals surface area contributed by atoms with E-state index in [1.165, 1.54) is 18.9 Å². The maximum Gasteiger partial charge on any atom is 0.316 e. The van der Waals surface area contributed by atoms with Crippen molar-refractivity contribution in [1.29, 1.82) is 0 Å². The molecule has 0 saturated heterocycles. The molecule has 2 aromatic rings. The van der Waals surface area contributed by atoms with Crippen LogP contribution in [-0.2, 0) is 16.1 Å². The molecular formula is C17H22ClN3O3S. The number of rotatable bonds is 7. The zero-order valence-corrected chi connectivity index (χ0v) is 16.6. The Morgan fingerprint density at radius 2 is 1.96 bits per heavy atom. The molecule has 1 aromatic heterocycles. The Bertz CT molecular complexity index is 741. The number of ether oxygens (including phenoxy) is 2. The molecule has 136 valence electrons. The monoisotopic (exact) mass is 383 g/mol. The van der Waals surface area contributed by atoms with Crippen LogP contribution in [0.4, 0.5) is 0 Å². The fourth-order valence-electron chi connectivity index (χ4n) is 2.42. The molecule has 0 N–H and O–H groups in total. The van der Waals surface area contributed by atoms with Gasteiger partial charge in [-0.25, -0.2) is 0 Å². The standard InChI is InChI=1S/C17H22ClN3O3S/c1-6-21-16(19-20-17(21)25-9-14(22)23-5)12(4)24-13-7-10(2)15(18)11(3)8-13/h7-8,12H,6,9H2,1-5H3. The van der Waals surface area contributed by atoms with Crippen LogP contribution in [0.3, 0.4) is 0 Å². The van der Waals surface area contributed by atoms with Gasteiger partial charge >= 0.3 is 5.97 Å². The number of benzene rings is 1. The van der Waals surface area contributed by atoms with Crippen molar-refractivity contribution in [3.8, 4) is 5.75 Å². The van der Waals surface area contributed by atoms with E-state index < -0.39 is 0 Å². The molecule has 0 aliphatic carbocycles. The Kier molecular flexibility index (Phi) is 6.72. The summed E-state index contributed by atoms with van der Waals surface area (Å²) in [5, 5.41) is 9.83. The number of halogens is 1. The summed E-state index contributed by atoms with van der Waals surface area (Å²) in [6, 6.07) is 3.82. The number of thioether (sulfide) groups is 1. The molecule has 0 bridgehead atoms. The van der Waals surface area contributed by atoms with Gasteiger partial charge in [-0.15, -0.1) is 10.2 Å². The highest BCUT2D eigenvalue weighted by molar-refractivity contribution is 7.99. The fraction of sp³-hybridized carbons (Fsp3) is 0.471. The third-order valence-electron chi connectivity index (χ3n) is 3.69. The first-order chi connectivity index (χ1) is 11.9. The smallest absolute Gasteiger partial charge is 0.316 e. The lowest BCUT2D eigenvalue weighted by atomic mass is 10.1. The van der Waals surface area contributed by atoms with Crippen molar-refractivity contribution < 1.29 is 14.3 Å². The molecule has 1 atom stereocenters. The maximum absolute atomic E-state index is 11.3. The van der Waals surface area contributed by atoms with Gasteiger partial charge in [0.1, 0.15) is 5.75 Å². The van der Waals surface area contributed by atoms with Crippen LogP contribution in [0.2, 0.25) is 5.02 Å². The highest BCUT2D eigenvalue weighted by atomic mass is 35.5. The van der Waals surface area contributed by atoms with Crippen LogP contribution >= 0.6 is 23.4 Å². The van der Waals surface area contributed by atoms with Gasteiger partial charge in [0, 0.05) is 11.6 Å². The molecule has 1 unspecified atom stereocenters. The molecule has 2 rings (SSSR count). The van der Waals surface area contributed by atoms with Crippen LogP contribution in [0.15, 0.2) is 17.3 Å². The molecule has 25 heavy (non-hydrogen) atoms. The van der Waals surface area contributed by atoms with Crippen LogP contribution in [0.25, 0.3) is 0 Å². The SMILES string of the molecule is CCn1c(SCC(=O)OC)nnc1C(C)Oc1cc(C)c(Cl)c(C)c1. The summed E-state index contributed by atoms with van der Waals surface area (Å²) in [5.41, 5.74) is 1.94. The number of esters is 1. The molecule has 0 aliphatic rings. The number of aryl methyl sites for hydroxylation is 2. The summed E-state index contributed by atoms with van der Waals surface area (Å²) < 4.78 is 12.6. The normalized spacial score (nSPS) is 12.1. The van der Waals surface area contributed by atoms with Crippen molar-refractivity contribution in [2.45, 2.75) is 45.5 Å². The summed E-state index contributed by atoms with van der Waals surface area (Å²) in [7, 11) is 1.37. The Hall–Kier alpha value is -1.73. The van der Waals surface area contributed by atoms with E-state index in [1.54, 1.807) is 0 Å². The molecule has 0 spiro atoms. The van der Waals surface area contributed by atoms with Crippen molar-refractivity contribution in [2.24, 2.45) is 0 Å². The number of hydrogen-bond donors (Lipinski definition) is 0. The highest BCUT2D eigenvalue weighted by Crippen LogP contribution is 2.29. The third kappa shape index (κ3) is 4.67.